The number of carbonyl (C=O) groups excluding carboxylic acids is 2. The second kappa shape index (κ2) is 10.2. The molecule has 8 nitrogen and oxygen atoms in total. The zero-order valence-electron chi connectivity index (χ0n) is 20.4. The summed E-state index contributed by atoms with van der Waals surface area (Å²) in [5, 5.41) is 8.90. The smallest absolute Gasteiger partial charge is 0.261 e. The first-order chi connectivity index (χ1) is 18.3. The molecule has 0 radical (unpaired) electrons. The fourth-order valence-electron chi connectivity index (χ4n) is 4.15. The Kier molecular flexibility index (Phi) is 6.68. The van der Waals surface area contributed by atoms with E-state index in [1.165, 1.54) is 19.1 Å². The maximum absolute atomic E-state index is 13.2. The van der Waals surface area contributed by atoms with Crippen molar-refractivity contribution in [3.05, 3.63) is 114 Å². The minimum atomic E-state index is -3.91. The normalized spacial score (nSPS) is 13.8. The monoisotopic (exact) mass is 524 g/mol. The highest BCUT2D eigenvalue weighted by Gasteiger charge is 2.30. The molecule has 0 saturated heterocycles. The van der Waals surface area contributed by atoms with Crippen molar-refractivity contribution in [3.63, 3.8) is 0 Å². The van der Waals surface area contributed by atoms with Crippen LogP contribution in [-0.2, 0) is 19.6 Å². The molecule has 4 N–H and O–H groups in total. The van der Waals surface area contributed by atoms with Crippen LogP contribution in [0.25, 0.3) is 11.3 Å². The Bertz CT molecular complexity index is 1650. The number of sulfonamides is 1. The Morgan fingerprint density at radius 1 is 0.737 bits per heavy atom. The van der Waals surface area contributed by atoms with Gasteiger partial charge >= 0.3 is 0 Å². The molecule has 4 aromatic rings. The van der Waals surface area contributed by atoms with Crippen LogP contribution in [0.15, 0.2) is 108 Å². The van der Waals surface area contributed by atoms with Crippen LogP contribution in [-0.4, -0.2) is 20.2 Å². The van der Waals surface area contributed by atoms with Crippen LogP contribution in [0, 0.1) is 0 Å². The third-order valence-corrected chi connectivity index (χ3v) is 7.24. The maximum atomic E-state index is 13.2. The molecule has 0 aromatic heterocycles. The molecule has 0 saturated carbocycles. The van der Waals surface area contributed by atoms with Crippen molar-refractivity contribution >= 4 is 55.9 Å². The first-order valence-corrected chi connectivity index (χ1v) is 13.3. The summed E-state index contributed by atoms with van der Waals surface area (Å²) in [4.78, 5) is 24.6. The number of anilines is 4. The number of hydrogen-bond acceptors (Lipinski definition) is 5. The topological polar surface area (TPSA) is 116 Å². The molecule has 0 fully saturated rings. The summed E-state index contributed by atoms with van der Waals surface area (Å²) in [5.41, 5.74) is 4.31. The number of benzene rings is 4. The van der Waals surface area contributed by atoms with Crippen LogP contribution in [0.1, 0.15) is 18.1 Å². The van der Waals surface area contributed by atoms with Gasteiger partial charge in [-0.3, -0.25) is 14.3 Å². The molecule has 9 heteroatoms. The lowest BCUT2D eigenvalue weighted by Crippen LogP contribution is -2.13. The van der Waals surface area contributed by atoms with Crippen molar-refractivity contribution in [1.29, 1.82) is 0 Å². The molecule has 4 aromatic carbocycles. The number of rotatable bonds is 7. The molecule has 5 rings (SSSR count). The highest BCUT2D eigenvalue weighted by atomic mass is 32.2. The summed E-state index contributed by atoms with van der Waals surface area (Å²) in [5.74, 6) is -0.531. The summed E-state index contributed by atoms with van der Waals surface area (Å²) in [7, 11) is -3.91. The largest absolute Gasteiger partial charge is 0.354 e. The number of hydrogen-bond donors (Lipinski definition) is 4. The van der Waals surface area contributed by atoms with E-state index >= 15 is 0 Å². The molecule has 0 unspecified atom stereocenters. The quantitative estimate of drug-likeness (QED) is 0.242. The SMILES string of the molecule is CC(=O)Nc1ccc(NC(=C2C(=O)Nc3ccc(S(=O)(=O)Nc4ccccc4)cc32)c2ccccc2)cc1. The molecular weight excluding hydrogens is 500 g/mol. The Hall–Kier alpha value is -4.89. The van der Waals surface area contributed by atoms with Gasteiger partial charge in [-0.25, -0.2) is 8.42 Å². The van der Waals surface area contributed by atoms with Crippen molar-refractivity contribution in [3.8, 4) is 0 Å². The summed E-state index contributed by atoms with van der Waals surface area (Å²) < 4.78 is 28.9. The average Bonchev–Trinajstić information content (AvgIpc) is 3.23. The van der Waals surface area contributed by atoms with Crippen LogP contribution in [0.3, 0.4) is 0 Å². The summed E-state index contributed by atoms with van der Waals surface area (Å²) in [6, 6.07) is 29.5. The lowest BCUT2D eigenvalue weighted by Gasteiger charge is -2.16. The van der Waals surface area contributed by atoms with E-state index in [0.29, 0.717) is 39.6 Å². The molecule has 2 amide bonds. The number of carbonyl (C=O) groups is 2. The van der Waals surface area contributed by atoms with Crippen LogP contribution in [0.5, 0.6) is 0 Å². The van der Waals surface area contributed by atoms with E-state index in [0.717, 1.165) is 5.56 Å². The third kappa shape index (κ3) is 5.28. The summed E-state index contributed by atoms with van der Waals surface area (Å²) >= 11 is 0. The zero-order chi connectivity index (χ0) is 26.7. The maximum Gasteiger partial charge on any atom is 0.261 e. The molecule has 0 bridgehead atoms. The van der Waals surface area contributed by atoms with Crippen LogP contribution in [0.4, 0.5) is 22.7 Å². The van der Waals surface area contributed by atoms with E-state index in [2.05, 4.69) is 20.7 Å². The number of fused-ring (bicyclic) bond motifs is 1. The highest BCUT2D eigenvalue weighted by Crippen LogP contribution is 2.39. The van der Waals surface area contributed by atoms with Crippen LogP contribution < -0.4 is 20.7 Å². The molecule has 0 aliphatic carbocycles. The first kappa shape index (κ1) is 24.8. The fraction of sp³-hybridized carbons (Fsp3) is 0.0345. The average molecular weight is 525 g/mol. The van der Waals surface area contributed by atoms with Gasteiger partial charge in [0.1, 0.15) is 0 Å². The Balaban J connectivity index is 1.58. The van der Waals surface area contributed by atoms with Gasteiger partial charge < -0.3 is 16.0 Å². The lowest BCUT2D eigenvalue weighted by atomic mass is 10.00. The van der Waals surface area contributed by atoms with Crippen molar-refractivity contribution in [2.75, 3.05) is 20.7 Å². The van der Waals surface area contributed by atoms with Crippen molar-refractivity contribution < 1.29 is 18.0 Å². The van der Waals surface area contributed by atoms with Gasteiger partial charge in [-0.2, -0.15) is 0 Å². The second-order valence-electron chi connectivity index (χ2n) is 8.63. The molecule has 1 heterocycles. The third-order valence-electron chi connectivity index (χ3n) is 5.86. The molecular formula is C29H24N4O4S. The Morgan fingerprint density at radius 3 is 1.97 bits per heavy atom. The van der Waals surface area contributed by atoms with Gasteiger partial charge in [-0.1, -0.05) is 48.5 Å². The van der Waals surface area contributed by atoms with Gasteiger partial charge in [0, 0.05) is 35.2 Å². The second-order valence-corrected chi connectivity index (χ2v) is 10.3. The predicted octanol–water partition coefficient (Wildman–Crippen LogP) is 5.38. The van der Waals surface area contributed by atoms with Crippen LogP contribution in [0.2, 0.25) is 0 Å². The van der Waals surface area contributed by atoms with Gasteiger partial charge in [0.05, 0.1) is 16.2 Å². The Labute approximate surface area is 220 Å². The number of amides is 2. The molecule has 190 valence electrons. The van der Waals surface area contributed by atoms with Gasteiger partial charge in [-0.15, -0.1) is 0 Å². The summed E-state index contributed by atoms with van der Waals surface area (Å²) in [6.07, 6.45) is 0. The van der Waals surface area contributed by atoms with Gasteiger partial charge in [0.2, 0.25) is 5.91 Å². The Morgan fingerprint density at radius 2 is 1.34 bits per heavy atom. The molecule has 38 heavy (non-hydrogen) atoms. The van der Waals surface area contributed by atoms with E-state index in [1.807, 2.05) is 30.3 Å². The first-order valence-electron chi connectivity index (χ1n) is 11.8. The predicted molar refractivity (Wildman–Crippen MR) is 150 cm³/mol. The van der Waals surface area contributed by atoms with Crippen molar-refractivity contribution in [2.45, 2.75) is 11.8 Å². The zero-order valence-corrected chi connectivity index (χ0v) is 21.2. The highest BCUT2D eigenvalue weighted by molar-refractivity contribution is 7.92. The van der Waals surface area contributed by atoms with E-state index in [9.17, 15) is 18.0 Å². The van der Waals surface area contributed by atoms with E-state index in [1.54, 1.807) is 60.7 Å². The molecule has 1 aliphatic heterocycles. The van der Waals surface area contributed by atoms with Crippen molar-refractivity contribution in [1.82, 2.24) is 0 Å². The fourth-order valence-corrected chi connectivity index (χ4v) is 5.23. The molecule has 0 spiro atoms. The van der Waals surface area contributed by atoms with Crippen LogP contribution >= 0.6 is 0 Å². The van der Waals surface area contributed by atoms with Gasteiger partial charge in [0.15, 0.2) is 0 Å². The van der Waals surface area contributed by atoms with E-state index in [-0.39, 0.29) is 16.7 Å². The minimum absolute atomic E-state index is 0.0289. The molecule has 1 aliphatic rings. The number of nitrogens with one attached hydrogen (secondary N) is 4. The summed E-state index contributed by atoms with van der Waals surface area (Å²) in [6.45, 7) is 1.43. The van der Waals surface area contributed by atoms with Gasteiger partial charge in [0.25, 0.3) is 15.9 Å². The standard InChI is InChI=1S/C29H24N4O4S/c1-19(34)30-21-12-14-22(15-13-21)31-28(20-8-4-2-5-9-20)27-25-18-24(16-17-26(25)32-29(27)35)38(36,37)33-23-10-6-3-7-11-23/h2-18,31,33H,1H3,(H,30,34)(H,32,35). The van der Waals surface area contributed by atoms with E-state index in [4.69, 9.17) is 0 Å². The minimum Gasteiger partial charge on any atom is -0.354 e. The molecule has 0 atom stereocenters. The van der Waals surface area contributed by atoms with Crippen molar-refractivity contribution in [2.24, 2.45) is 0 Å². The van der Waals surface area contributed by atoms with E-state index < -0.39 is 10.0 Å². The number of para-hydroxylation sites is 1. The van der Waals surface area contributed by atoms with Gasteiger partial charge in [-0.05, 0) is 60.2 Å². The lowest BCUT2D eigenvalue weighted by molar-refractivity contribution is -0.114.